The summed E-state index contributed by atoms with van der Waals surface area (Å²) in [5.41, 5.74) is 4.02. The molecular formula is C34H50N4O10S. The second kappa shape index (κ2) is 20.3. The van der Waals surface area contributed by atoms with Crippen LogP contribution in [0.15, 0.2) is 29.8 Å². The van der Waals surface area contributed by atoms with Crippen molar-refractivity contribution in [2.24, 2.45) is 5.41 Å². The van der Waals surface area contributed by atoms with E-state index in [1.54, 1.807) is 18.3 Å². The number of nitrogens with zero attached hydrogens (tertiary/aromatic N) is 2. The summed E-state index contributed by atoms with van der Waals surface area (Å²) in [5.74, 6) is -1.73. The van der Waals surface area contributed by atoms with E-state index in [-0.39, 0.29) is 58.5 Å². The molecule has 1 aliphatic rings. The van der Waals surface area contributed by atoms with Crippen LogP contribution in [0.2, 0.25) is 0 Å². The van der Waals surface area contributed by atoms with E-state index in [1.807, 2.05) is 57.5 Å². The number of thiazole rings is 1. The molecule has 0 saturated carbocycles. The first-order chi connectivity index (χ1) is 23.4. The molecule has 3 N–H and O–H groups in total. The molecule has 3 rings (SSSR count). The molecule has 2 aromatic rings. The molecule has 0 bridgehead atoms. The van der Waals surface area contributed by atoms with Gasteiger partial charge >= 0.3 is 5.97 Å². The average molecular weight is 707 g/mol. The highest BCUT2D eigenvalue weighted by Crippen LogP contribution is 2.28. The number of rotatable bonds is 20. The minimum Gasteiger partial charge on any atom is -0.464 e. The van der Waals surface area contributed by atoms with Crippen LogP contribution in [0.4, 0.5) is 0 Å². The fraction of sp³-hybridized carbons (Fsp3) is 0.618. The molecule has 0 unspecified atom stereocenters. The smallest absolute Gasteiger partial charge is 0.332 e. The maximum absolute atomic E-state index is 13.8. The number of ether oxygens (including phenoxy) is 5. The van der Waals surface area contributed by atoms with Gasteiger partial charge in [0.15, 0.2) is 0 Å². The third-order valence-corrected chi connectivity index (χ3v) is 8.56. The standard InChI is InChI=1S/C34H50N4O10S/c1-6-48-29(41)21-47-16-14-45-12-11-44-13-15-46-20-28(40)37-31(34(3,4)5)33(43)38-19-26(39)17-27(38)32(42)35-18-24-7-9-25(10-8-24)30-23(2)36-22-49-30/h7-10,22,26-27,31,39H,6,11-21H2,1-5H3,(H,35,42)(H,37,40)/t26-,27+,31-/m1/s1. The highest BCUT2D eigenvalue weighted by Gasteiger charge is 2.44. The SMILES string of the molecule is CCOC(=O)COCCOCCOCCOCC(=O)N[C@H](C(=O)N1C[C@H](O)C[C@H]1C(=O)NCc1ccc(-c2scnc2C)cc1)C(C)(C)C. The largest absolute Gasteiger partial charge is 0.464 e. The van der Waals surface area contributed by atoms with Crippen LogP contribution in [-0.4, -0.2) is 123 Å². The number of amides is 3. The predicted molar refractivity (Wildman–Crippen MR) is 182 cm³/mol. The minimum atomic E-state index is -0.957. The first-order valence-corrected chi connectivity index (χ1v) is 17.3. The number of aliphatic hydroxyl groups is 1. The van der Waals surface area contributed by atoms with Crippen LogP contribution in [0.1, 0.15) is 45.4 Å². The molecule has 1 aromatic carbocycles. The van der Waals surface area contributed by atoms with Gasteiger partial charge in [0.1, 0.15) is 25.3 Å². The van der Waals surface area contributed by atoms with Crippen molar-refractivity contribution < 1.29 is 48.0 Å². The molecule has 272 valence electrons. The Morgan fingerprint density at radius 3 is 2.16 bits per heavy atom. The number of hydrogen-bond donors (Lipinski definition) is 3. The Bertz CT molecular complexity index is 1350. The lowest BCUT2D eigenvalue weighted by Crippen LogP contribution is -2.58. The van der Waals surface area contributed by atoms with Crippen molar-refractivity contribution in [3.63, 3.8) is 0 Å². The zero-order valence-electron chi connectivity index (χ0n) is 29.0. The van der Waals surface area contributed by atoms with Gasteiger partial charge in [0.25, 0.3) is 0 Å². The van der Waals surface area contributed by atoms with Gasteiger partial charge in [-0.3, -0.25) is 14.4 Å². The summed E-state index contributed by atoms with van der Waals surface area (Å²) in [6, 6.07) is 6.01. The molecule has 1 saturated heterocycles. The Morgan fingerprint density at radius 1 is 0.980 bits per heavy atom. The van der Waals surface area contributed by atoms with E-state index in [0.717, 1.165) is 21.7 Å². The number of carbonyl (C=O) groups is 4. The number of likely N-dealkylation sites (tertiary alicyclic amines) is 1. The fourth-order valence-electron chi connectivity index (χ4n) is 5.06. The van der Waals surface area contributed by atoms with Crippen LogP contribution in [0, 0.1) is 12.3 Å². The Balaban J connectivity index is 1.39. The third kappa shape index (κ3) is 13.4. The number of aliphatic hydroxyl groups excluding tert-OH is 1. The Morgan fingerprint density at radius 2 is 1.59 bits per heavy atom. The van der Waals surface area contributed by atoms with Crippen molar-refractivity contribution in [2.45, 2.75) is 65.8 Å². The van der Waals surface area contributed by atoms with Crippen LogP contribution in [0.5, 0.6) is 0 Å². The summed E-state index contributed by atoms with van der Waals surface area (Å²) >= 11 is 1.57. The second-order valence-corrected chi connectivity index (χ2v) is 13.4. The van der Waals surface area contributed by atoms with Gasteiger partial charge in [0.05, 0.1) is 68.4 Å². The number of carbonyl (C=O) groups excluding carboxylic acids is 4. The summed E-state index contributed by atoms with van der Waals surface area (Å²) in [6.45, 7) is 10.9. The lowest BCUT2D eigenvalue weighted by atomic mass is 9.85. The molecule has 14 nitrogen and oxygen atoms in total. The van der Waals surface area contributed by atoms with Crippen LogP contribution in [0.25, 0.3) is 10.4 Å². The molecule has 15 heteroatoms. The Labute approximate surface area is 291 Å². The van der Waals surface area contributed by atoms with E-state index in [2.05, 4.69) is 15.6 Å². The molecule has 49 heavy (non-hydrogen) atoms. The molecule has 0 spiro atoms. The van der Waals surface area contributed by atoms with E-state index in [1.165, 1.54) is 4.90 Å². The summed E-state index contributed by atoms with van der Waals surface area (Å²) in [7, 11) is 0. The van der Waals surface area contributed by atoms with Crippen LogP contribution >= 0.6 is 11.3 Å². The van der Waals surface area contributed by atoms with Gasteiger partial charge in [-0.15, -0.1) is 11.3 Å². The van der Waals surface area contributed by atoms with Crippen molar-refractivity contribution in [1.82, 2.24) is 20.5 Å². The van der Waals surface area contributed by atoms with Gasteiger partial charge in [-0.1, -0.05) is 45.0 Å². The van der Waals surface area contributed by atoms with Gasteiger partial charge in [-0.25, -0.2) is 9.78 Å². The fourth-order valence-corrected chi connectivity index (χ4v) is 5.88. The average Bonchev–Trinajstić information content (AvgIpc) is 3.67. The van der Waals surface area contributed by atoms with E-state index in [0.29, 0.717) is 26.4 Å². The van der Waals surface area contributed by atoms with Crippen LogP contribution in [-0.2, 0) is 49.4 Å². The number of aryl methyl sites for hydroxylation is 1. The van der Waals surface area contributed by atoms with E-state index in [4.69, 9.17) is 23.7 Å². The number of hydrogen-bond acceptors (Lipinski definition) is 12. The molecule has 0 aliphatic carbocycles. The van der Waals surface area contributed by atoms with Gasteiger partial charge in [0.2, 0.25) is 17.7 Å². The Hall–Kier alpha value is -3.47. The van der Waals surface area contributed by atoms with Crippen LogP contribution < -0.4 is 10.6 Å². The van der Waals surface area contributed by atoms with Crippen molar-refractivity contribution in [1.29, 1.82) is 0 Å². The molecule has 1 aromatic heterocycles. The first kappa shape index (κ1) is 40.0. The number of β-amino-alcohol motifs (C(OH)–C–C–N with tert-alkyl or cyclic N) is 1. The molecular weight excluding hydrogens is 656 g/mol. The maximum atomic E-state index is 13.8. The molecule has 3 atom stereocenters. The lowest BCUT2D eigenvalue weighted by Gasteiger charge is -2.35. The van der Waals surface area contributed by atoms with Crippen molar-refractivity contribution in [3.05, 3.63) is 41.0 Å². The molecule has 2 heterocycles. The quantitative estimate of drug-likeness (QED) is 0.135. The Kier molecular flexibility index (Phi) is 16.5. The topological polar surface area (TPSA) is 175 Å². The van der Waals surface area contributed by atoms with Gasteiger partial charge in [0, 0.05) is 19.5 Å². The van der Waals surface area contributed by atoms with Crippen molar-refractivity contribution in [2.75, 3.05) is 66.0 Å². The second-order valence-electron chi connectivity index (χ2n) is 12.6. The molecule has 1 fully saturated rings. The number of benzene rings is 1. The maximum Gasteiger partial charge on any atom is 0.332 e. The third-order valence-electron chi connectivity index (χ3n) is 7.59. The zero-order chi connectivity index (χ0) is 35.8. The van der Waals surface area contributed by atoms with Crippen molar-refractivity contribution >= 4 is 35.0 Å². The first-order valence-electron chi connectivity index (χ1n) is 16.4. The normalized spacial score (nSPS) is 16.7. The summed E-state index contributed by atoms with van der Waals surface area (Å²) in [4.78, 5) is 57.7. The number of nitrogens with one attached hydrogen (secondary N) is 2. The predicted octanol–water partition coefficient (Wildman–Crippen LogP) is 1.86. The number of esters is 1. The summed E-state index contributed by atoms with van der Waals surface area (Å²) in [6.07, 6.45) is -0.764. The highest BCUT2D eigenvalue weighted by atomic mass is 32.1. The van der Waals surface area contributed by atoms with E-state index < -0.39 is 41.4 Å². The van der Waals surface area contributed by atoms with Gasteiger partial charge in [-0.05, 0) is 30.4 Å². The number of aromatic nitrogens is 1. The lowest BCUT2D eigenvalue weighted by molar-refractivity contribution is -0.149. The highest BCUT2D eigenvalue weighted by molar-refractivity contribution is 7.13. The minimum absolute atomic E-state index is 0.0135. The van der Waals surface area contributed by atoms with Crippen molar-refractivity contribution in [3.8, 4) is 10.4 Å². The molecule has 0 radical (unpaired) electrons. The summed E-state index contributed by atoms with van der Waals surface area (Å²) in [5, 5.41) is 16.1. The van der Waals surface area contributed by atoms with E-state index in [9.17, 15) is 24.3 Å². The van der Waals surface area contributed by atoms with Crippen LogP contribution in [0.3, 0.4) is 0 Å². The molecule has 3 amide bonds. The zero-order valence-corrected chi connectivity index (χ0v) is 29.8. The van der Waals surface area contributed by atoms with Gasteiger partial charge in [-0.2, -0.15) is 0 Å². The molecule has 1 aliphatic heterocycles. The van der Waals surface area contributed by atoms with E-state index >= 15 is 0 Å². The van der Waals surface area contributed by atoms with Gasteiger partial charge < -0.3 is 44.3 Å². The summed E-state index contributed by atoms with van der Waals surface area (Å²) < 4.78 is 26.1. The monoisotopic (exact) mass is 706 g/mol.